The Bertz CT molecular complexity index is 934. The van der Waals surface area contributed by atoms with Crippen LogP contribution in [0.25, 0.3) is 0 Å². The third-order valence-corrected chi connectivity index (χ3v) is 6.17. The number of hydrogen-bond donors (Lipinski definition) is 1. The summed E-state index contributed by atoms with van der Waals surface area (Å²) in [5.74, 6) is -0.986. The van der Waals surface area contributed by atoms with Crippen LogP contribution in [-0.4, -0.2) is 33.8 Å². The number of carbonyl (C=O) groups excluding carboxylic acids is 1. The third kappa shape index (κ3) is 4.69. The number of carbonyl (C=O) groups is 1. The fourth-order valence-electron chi connectivity index (χ4n) is 4.78. The molecule has 2 heterocycles. The molecule has 31 heavy (non-hydrogen) atoms. The van der Waals surface area contributed by atoms with Gasteiger partial charge < -0.3 is 14.7 Å². The molecule has 2 aliphatic rings. The van der Waals surface area contributed by atoms with Crippen LogP contribution in [0, 0.1) is 5.82 Å². The molecule has 2 bridgehead atoms. The standard InChI is InChI=1S/C23H23F4NO3/c24-20-10-17(23(25,26)27)7-6-16(20)11-22(30)12-18-8-9-19(13-22)28(18)21(29)31-14-15-4-2-1-3-5-15/h1-7,10,18-19,30H,8-9,11-14H2. The van der Waals surface area contributed by atoms with Crippen molar-refractivity contribution in [3.05, 3.63) is 71.0 Å². The highest BCUT2D eigenvalue weighted by molar-refractivity contribution is 5.69. The van der Waals surface area contributed by atoms with Crippen LogP contribution in [0.2, 0.25) is 0 Å². The first-order valence-corrected chi connectivity index (χ1v) is 10.2. The van der Waals surface area contributed by atoms with Crippen molar-refractivity contribution >= 4 is 6.09 Å². The zero-order chi connectivity index (χ0) is 22.2. The highest BCUT2D eigenvalue weighted by Crippen LogP contribution is 2.43. The lowest BCUT2D eigenvalue weighted by molar-refractivity contribution is -0.137. The first kappa shape index (κ1) is 21.6. The number of fused-ring (bicyclic) bond motifs is 2. The first-order valence-electron chi connectivity index (χ1n) is 10.2. The predicted octanol–water partition coefficient (Wildman–Crippen LogP) is 5.08. The van der Waals surface area contributed by atoms with E-state index in [2.05, 4.69) is 0 Å². The SMILES string of the molecule is O=C(OCc1ccccc1)N1C2CCC1CC(O)(Cc1ccc(C(F)(F)F)cc1F)C2. The molecule has 166 valence electrons. The van der Waals surface area contributed by atoms with Crippen molar-refractivity contribution in [2.75, 3.05) is 0 Å². The number of amides is 1. The molecule has 4 nitrogen and oxygen atoms in total. The molecule has 0 aliphatic carbocycles. The molecule has 2 unspecified atom stereocenters. The Kier molecular flexibility index (Phi) is 5.68. The first-order chi connectivity index (χ1) is 14.6. The molecule has 0 spiro atoms. The molecule has 1 N–H and O–H groups in total. The fourth-order valence-corrected chi connectivity index (χ4v) is 4.78. The lowest BCUT2D eigenvalue weighted by atomic mass is 9.81. The van der Waals surface area contributed by atoms with Gasteiger partial charge in [0.05, 0.1) is 11.2 Å². The molecule has 4 rings (SSSR count). The molecule has 0 saturated carbocycles. The zero-order valence-electron chi connectivity index (χ0n) is 16.7. The van der Waals surface area contributed by atoms with Gasteiger partial charge in [-0.15, -0.1) is 0 Å². The van der Waals surface area contributed by atoms with Crippen molar-refractivity contribution < 1.29 is 32.2 Å². The van der Waals surface area contributed by atoms with Crippen LogP contribution in [0.15, 0.2) is 48.5 Å². The van der Waals surface area contributed by atoms with E-state index in [1.54, 1.807) is 4.90 Å². The Hall–Kier alpha value is -2.61. The van der Waals surface area contributed by atoms with E-state index >= 15 is 0 Å². The zero-order valence-corrected chi connectivity index (χ0v) is 16.7. The van der Waals surface area contributed by atoms with Gasteiger partial charge in [-0.2, -0.15) is 13.2 Å². The van der Waals surface area contributed by atoms with E-state index in [0.717, 1.165) is 17.7 Å². The average Bonchev–Trinajstić information content (AvgIpc) is 3.00. The number of hydrogen-bond acceptors (Lipinski definition) is 3. The van der Waals surface area contributed by atoms with Gasteiger partial charge in [0, 0.05) is 18.5 Å². The summed E-state index contributed by atoms with van der Waals surface area (Å²) in [5.41, 5.74) is -1.44. The van der Waals surface area contributed by atoms with Crippen LogP contribution in [-0.2, 0) is 23.9 Å². The summed E-state index contributed by atoms with van der Waals surface area (Å²) in [6, 6.07) is 11.2. The minimum absolute atomic E-state index is 0.0370. The van der Waals surface area contributed by atoms with Crippen molar-refractivity contribution in [1.29, 1.82) is 0 Å². The second-order valence-electron chi connectivity index (χ2n) is 8.45. The van der Waals surface area contributed by atoms with Crippen molar-refractivity contribution in [3.63, 3.8) is 0 Å². The number of aliphatic hydroxyl groups is 1. The van der Waals surface area contributed by atoms with Gasteiger partial charge in [-0.25, -0.2) is 9.18 Å². The maximum absolute atomic E-state index is 14.3. The molecule has 8 heteroatoms. The summed E-state index contributed by atoms with van der Waals surface area (Å²) < 4.78 is 58.0. The highest BCUT2D eigenvalue weighted by Gasteiger charge is 2.50. The third-order valence-electron chi connectivity index (χ3n) is 6.17. The molecule has 1 amide bonds. The summed E-state index contributed by atoms with van der Waals surface area (Å²) >= 11 is 0. The number of ether oxygens (including phenoxy) is 1. The topological polar surface area (TPSA) is 49.8 Å². The van der Waals surface area contributed by atoms with E-state index in [1.165, 1.54) is 0 Å². The van der Waals surface area contributed by atoms with Gasteiger partial charge in [0.25, 0.3) is 0 Å². The molecule has 2 aliphatic heterocycles. The molecule has 0 aromatic heterocycles. The smallest absolute Gasteiger partial charge is 0.416 e. The van der Waals surface area contributed by atoms with Gasteiger partial charge in [0.15, 0.2) is 0 Å². The summed E-state index contributed by atoms with van der Waals surface area (Å²) in [4.78, 5) is 14.3. The predicted molar refractivity (Wildman–Crippen MR) is 105 cm³/mol. The molecule has 2 atom stereocenters. The van der Waals surface area contributed by atoms with Crippen molar-refractivity contribution in [2.24, 2.45) is 0 Å². The molecular weight excluding hydrogens is 414 g/mol. The lowest BCUT2D eigenvalue weighted by Gasteiger charge is -2.43. The average molecular weight is 437 g/mol. The molecular formula is C23H23F4NO3. The van der Waals surface area contributed by atoms with Crippen molar-refractivity contribution in [3.8, 4) is 0 Å². The van der Waals surface area contributed by atoms with E-state index in [-0.39, 0.29) is 43.5 Å². The lowest BCUT2D eigenvalue weighted by Crippen LogP contribution is -2.54. The van der Waals surface area contributed by atoms with Crippen molar-refractivity contribution in [2.45, 2.75) is 62.6 Å². The van der Waals surface area contributed by atoms with Gasteiger partial charge in [-0.3, -0.25) is 0 Å². The Morgan fingerprint density at radius 3 is 2.32 bits per heavy atom. The molecule has 0 radical (unpaired) electrons. The highest BCUT2D eigenvalue weighted by atomic mass is 19.4. The Balaban J connectivity index is 1.41. The fraction of sp³-hybridized carbons (Fsp3) is 0.435. The number of benzene rings is 2. The summed E-state index contributed by atoms with van der Waals surface area (Å²) in [7, 11) is 0. The number of nitrogens with zero attached hydrogens (tertiary/aromatic N) is 1. The van der Waals surface area contributed by atoms with Crippen molar-refractivity contribution in [1.82, 2.24) is 4.90 Å². The van der Waals surface area contributed by atoms with Crippen LogP contribution < -0.4 is 0 Å². The number of rotatable bonds is 4. The summed E-state index contributed by atoms with van der Waals surface area (Å²) in [6.45, 7) is 0.149. The largest absolute Gasteiger partial charge is 0.445 e. The van der Waals surface area contributed by atoms with Gasteiger partial charge in [-0.1, -0.05) is 36.4 Å². The van der Waals surface area contributed by atoms with Crippen LogP contribution in [0.1, 0.15) is 42.4 Å². The monoisotopic (exact) mass is 437 g/mol. The van der Waals surface area contributed by atoms with Gasteiger partial charge in [0.2, 0.25) is 0 Å². The number of piperidine rings is 1. The Morgan fingerprint density at radius 1 is 1.10 bits per heavy atom. The van der Waals surface area contributed by atoms with Crippen LogP contribution in [0.4, 0.5) is 22.4 Å². The molecule has 2 aromatic rings. The van der Waals surface area contributed by atoms with E-state index in [1.807, 2.05) is 30.3 Å². The van der Waals surface area contributed by atoms with E-state index < -0.39 is 29.3 Å². The summed E-state index contributed by atoms with van der Waals surface area (Å²) in [6.07, 6.45) is -3.32. The maximum Gasteiger partial charge on any atom is 0.416 e. The number of halogens is 4. The maximum atomic E-state index is 14.3. The Morgan fingerprint density at radius 2 is 1.74 bits per heavy atom. The van der Waals surface area contributed by atoms with Gasteiger partial charge in [0.1, 0.15) is 12.4 Å². The van der Waals surface area contributed by atoms with Crippen LogP contribution >= 0.6 is 0 Å². The minimum atomic E-state index is -4.62. The molecule has 2 saturated heterocycles. The van der Waals surface area contributed by atoms with E-state index in [9.17, 15) is 27.5 Å². The summed E-state index contributed by atoms with van der Waals surface area (Å²) in [5, 5.41) is 11.1. The molecule has 2 fully saturated rings. The second kappa shape index (κ2) is 8.15. The van der Waals surface area contributed by atoms with Gasteiger partial charge >= 0.3 is 12.3 Å². The molecule has 2 aromatic carbocycles. The van der Waals surface area contributed by atoms with Crippen LogP contribution in [0.3, 0.4) is 0 Å². The quantitative estimate of drug-likeness (QED) is 0.679. The van der Waals surface area contributed by atoms with E-state index in [0.29, 0.717) is 18.9 Å². The Labute approximate surface area is 177 Å². The normalized spacial score (nSPS) is 25.5. The number of alkyl halides is 3. The van der Waals surface area contributed by atoms with Gasteiger partial charge in [-0.05, 0) is 48.9 Å². The second-order valence-corrected chi connectivity index (χ2v) is 8.45. The van der Waals surface area contributed by atoms with Crippen LogP contribution in [0.5, 0.6) is 0 Å². The minimum Gasteiger partial charge on any atom is -0.445 e. The van der Waals surface area contributed by atoms with E-state index in [4.69, 9.17) is 4.74 Å².